The fraction of sp³-hybridized carbons (Fsp3) is 0.840. The normalized spacial score (nSPS) is 14.8. The molecule has 0 spiro atoms. The number of ketones is 9. The summed E-state index contributed by atoms with van der Waals surface area (Å²) < 4.78 is 4.93. The minimum absolute atomic E-state index is 0.00267. The summed E-state index contributed by atoms with van der Waals surface area (Å²) in [5.74, 6) is 2.17. The number of ether oxygens (including phenoxy) is 1. The molecule has 144 heavy (non-hydrogen) atoms. The first kappa shape index (κ1) is 153. The van der Waals surface area contributed by atoms with Crippen molar-refractivity contribution in [2.24, 2.45) is 99.9 Å². The molecule has 0 aromatic carbocycles. The number of imidazole rings is 1. The molecule has 0 radical (unpaired) electrons. The van der Waals surface area contributed by atoms with Gasteiger partial charge in [-0.1, -0.05) is 302 Å². The van der Waals surface area contributed by atoms with Gasteiger partial charge < -0.3 is 69.0 Å². The number of carbonyl (C=O) groups is 10. The number of pyridine rings is 1. The molecular formula is C119H236N14O11. The van der Waals surface area contributed by atoms with Crippen molar-refractivity contribution in [2.75, 3.05) is 80.1 Å². The van der Waals surface area contributed by atoms with E-state index in [1.54, 1.807) is 31.8 Å². The second kappa shape index (κ2) is 76.6. The number of piperidine rings is 1. The first-order valence-corrected chi connectivity index (χ1v) is 54.3. The van der Waals surface area contributed by atoms with Crippen LogP contribution in [0.1, 0.15) is 464 Å². The molecule has 2 aliphatic rings. The highest BCUT2D eigenvalue weighted by atomic mass is 16.5. The molecule has 0 amide bonds. The van der Waals surface area contributed by atoms with Crippen molar-refractivity contribution in [1.29, 1.82) is 5.41 Å². The number of nitrogens with one attached hydrogen (secondary N) is 2. The van der Waals surface area contributed by atoms with Crippen LogP contribution in [0.2, 0.25) is 0 Å². The number of H-pyrrole nitrogens is 1. The maximum absolute atomic E-state index is 11.9. The van der Waals surface area contributed by atoms with Crippen molar-refractivity contribution in [2.45, 2.75) is 507 Å². The minimum Gasteiger partial charge on any atom is -0.466 e. The van der Waals surface area contributed by atoms with Crippen LogP contribution in [0.4, 0.5) is 0 Å². The van der Waals surface area contributed by atoms with Crippen molar-refractivity contribution < 1.29 is 52.7 Å². The lowest BCUT2D eigenvalue weighted by Crippen LogP contribution is -2.52. The lowest BCUT2D eigenvalue weighted by atomic mass is 9.85. The van der Waals surface area contributed by atoms with E-state index in [1.807, 2.05) is 135 Å². The number of esters is 1. The summed E-state index contributed by atoms with van der Waals surface area (Å²) in [6, 6.07) is 1.94. The summed E-state index contributed by atoms with van der Waals surface area (Å²) in [6.07, 6.45) is 27.0. The molecule has 848 valence electrons. The Morgan fingerprint density at radius 2 is 0.778 bits per heavy atom. The molecule has 25 heteroatoms. The number of hydrogen-bond acceptors (Lipinski definition) is 24. The summed E-state index contributed by atoms with van der Waals surface area (Å²) in [5.41, 5.74) is 39.0. The van der Waals surface area contributed by atoms with Crippen LogP contribution in [-0.2, 0) is 65.5 Å². The van der Waals surface area contributed by atoms with Crippen molar-refractivity contribution >= 4 is 63.7 Å². The molecule has 14 N–H and O–H groups in total. The number of Topliss-reactive ketones (excluding diaryl/α,β-unsaturated/α-hetero) is 9. The van der Waals surface area contributed by atoms with Gasteiger partial charge in [-0.25, -0.2) is 4.98 Å². The van der Waals surface area contributed by atoms with Crippen LogP contribution >= 0.6 is 0 Å². The predicted octanol–water partition coefficient (Wildman–Crippen LogP) is 24.3. The van der Waals surface area contributed by atoms with Crippen LogP contribution < -0.4 is 34.4 Å². The number of rotatable bonds is 36. The van der Waals surface area contributed by atoms with Gasteiger partial charge in [0.1, 0.15) is 52.0 Å². The molecule has 25 nitrogen and oxygen atoms in total. The smallest absolute Gasteiger partial charge is 0.306 e. The van der Waals surface area contributed by atoms with Gasteiger partial charge in [0, 0.05) is 132 Å². The molecule has 2 fully saturated rings. The second-order valence-corrected chi connectivity index (χ2v) is 55.4. The zero-order valence-corrected chi connectivity index (χ0v) is 103. The fourth-order valence-corrected chi connectivity index (χ4v) is 14.3. The number of nitrogens with two attached hydrogens (primary N) is 6. The van der Waals surface area contributed by atoms with E-state index in [0.29, 0.717) is 119 Å². The number of unbranched alkanes of at least 4 members (excludes halogenated alkanes) is 1. The lowest BCUT2D eigenvalue weighted by Gasteiger charge is -2.41. The number of piperazine rings is 1. The van der Waals surface area contributed by atoms with Gasteiger partial charge >= 0.3 is 5.97 Å². The number of aromatic nitrogens is 3. The van der Waals surface area contributed by atoms with Gasteiger partial charge in [-0.15, -0.1) is 0 Å². The maximum Gasteiger partial charge on any atom is 0.306 e. The maximum atomic E-state index is 11.9. The third-order valence-electron chi connectivity index (χ3n) is 21.0. The lowest BCUT2D eigenvalue weighted by molar-refractivity contribution is -0.146. The quantitative estimate of drug-likeness (QED) is 0.0232. The Balaban J connectivity index is -0.000000235. The number of likely N-dealkylation sites (N-methyl/N-ethyl adjacent to an activating group) is 2. The average molecular weight is 2040 g/mol. The highest BCUT2D eigenvalue weighted by molar-refractivity contribution is 5.87. The molecule has 2 saturated heterocycles. The molecule has 2 aliphatic heterocycles. The Morgan fingerprint density at radius 1 is 0.417 bits per heavy atom. The molecule has 0 aliphatic carbocycles. The summed E-state index contributed by atoms with van der Waals surface area (Å²) in [6.45, 7) is 100. The van der Waals surface area contributed by atoms with Crippen molar-refractivity contribution in [1.82, 2.24) is 34.6 Å². The van der Waals surface area contributed by atoms with Crippen molar-refractivity contribution in [3.05, 3.63) is 48.3 Å². The Hall–Kier alpha value is -5.87. The van der Waals surface area contributed by atoms with E-state index in [-0.39, 0.29) is 131 Å². The van der Waals surface area contributed by atoms with Gasteiger partial charge in [-0.3, -0.25) is 53.0 Å². The van der Waals surface area contributed by atoms with Gasteiger partial charge in [0.15, 0.2) is 0 Å². The van der Waals surface area contributed by atoms with Gasteiger partial charge in [-0.05, 0) is 210 Å². The van der Waals surface area contributed by atoms with Crippen LogP contribution in [0.25, 0.3) is 0 Å². The van der Waals surface area contributed by atoms with Crippen LogP contribution in [0.15, 0.2) is 37.1 Å². The van der Waals surface area contributed by atoms with E-state index in [1.165, 1.54) is 58.5 Å². The Labute approximate surface area is 886 Å². The largest absolute Gasteiger partial charge is 0.466 e. The zero-order chi connectivity index (χ0) is 115. The van der Waals surface area contributed by atoms with Gasteiger partial charge in [0.25, 0.3) is 0 Å². The summed E-state index contributed by atoms with van der Waals surface area (Å²) >= 11 is 0. The zero-order valence-electron chi connectivity index (χ0n) is 103. The summed E-state index contributed by atoms with van der Waals surface area (Å²) in [5, 5.41) is 7.15. The Kier molecular flexibility index (Phi) is 81.6. The highest BCUT2D eigenvalue weighted by Crippen LogP contribution is 2.28. The topological polar surface area (TPSA) is 414 Å². The van der Waals surface area contributed by atoms with Crippen molar-refractivity contribution in [3.8, 4) is 0 Å². The third-order valence-corrected chi connectivity index (χ3v) is 21.0. The van der Waals surface area contributed by atoms with E-state index < -0.39 is 12.1 Å². The number of aromatic amines is 1. The molecular weight excluding hydrogens is 1800 g/mol. The van der Waals surface area contributed by atoms with Gasteiger partial charge in [0.2, 0.25) is 0 Å². The molecule has 4 rings (SSSR count). The minimum atomic E-state index is -0.426. The first-order chi connectivity index (χ1) is 64.7. The third kappa shape index (κ3) is 115. The number of hydrogen-bond donors (Lipinski definition) is 8. The Morgan fingerprint density at radius 3 is 1.06 bits per heavy atom. The molecule has 6 unspecified atom stereocenters. The molecule has 2 aromatic heterocycles. The predicted molar refractivity (Wildman–Crippen MR) is 615 cm³/mol. The van der Waals surface area contributed by atoms with Crippen LogP contribution in [0.5, 0.6) is 0 Å². The SMILES string of the molecule is CC(=N)CC(C)(C)C.CC(=O)CC(C)(C)C.CC(C)(C)CC(=O)C(N)CCCN1CCCCC1.CC(C)(C)CC(=O)C(N)Cc1cccnc1.CC(C)(C)CC(=O)C(N)Cc1cnc[nH]1.CC(C)C(N)C(=O)CC(C)(C)C.CCC(=O)CC(C)(C)C.CCCC(N)C(=O)CC(C)(C)C.CCCCC(N)C(=O)CC(C)(C)C.CCCOC(=O)CC(C)(C)C.CN(C)CC(=O)CC(C)(C)C.CN1CCN(C(C)(C)C)CC1. The second-order valence-electron chi connectivity index (χ2n) is 55.4. The fourth-order valence-electron chi connectivity index (χ4n) is 14.3. The summed E-state index contributed by atoms with van der Waals surface area (Å²) in [7, 11) is 6.03. The summed E-state index contributed by atoms with van der Waals surface area (Å²) in [4.78, 5) is 134. The molecule has 4 heterocycles. The molecule has 2 aromatic rings. The van der Waals surface area contributed by atoms with Crippen LogP contribution in [0.3, 0.4) is 0 Å². The van der Waals surface area contributed by atoms with E-state index in [4.69, 9.17) is 44.5 Å². The van der Waals surface area contributed by atoms with E-state index in [0.717, 1.165) is 81.3 Å². The average Bonchev–Trinajstić information content (AvgIpc) is 1.01. The number of likely N-dealkylation sites (tertiary alicyclic amines) is 1. The molecule has 0 saturated carbocycles. The van der Waals surface area contributed by atoms with Crippen LogP contribution in [-0.4, -0.2) is 220 Å². The Bertz CT molecular complexity index is 3680. The highest BCUT2D eigenvalue weighted by Gasteiger charge is 2.30. The standard InChI is InChI=1S/C15H30N2O.C13H20N2O.C11H19N3O.C11H23NO.2C10H21NO.C9H20N2.C9H19NO.C9H18O2.C8H16O.C7H15N.C7H14O/c1-15(2,3)12-14(18)13(16)8-7-11-17-9-5-4-6-10-17;1-13(2,3)8-12(16)11(14)7-10-5-4-6-15-9-10;1-11(2,3)5-10(15)9(12)4-8-6-13-7-14-8;1-5-6-7-9(12)10(13)8-11(2,3)4;1-7(2)9(11)8(12)6-10(3,4)5;1-5-6-8(11)9(12)7-10(2,3)4;1-9(2,3)11-7-5-10(4)6-8-11;1-9(2,3)6-8(11)7-10(4)5;1-5-6-11-8(10)7-9(2,3)4;1-5-7(9)6-8(2,3)4;2*1-6(8)5-7(2,3)4/h13H,4-12,16H2,1-3H3;4-6,9,11H,7-8,14H2,1-3H3;6-7,9H,4-5,12H2,1-3H3,(H,13,14);9H,5-8,12H2,1-4H3;7,9H,6,11H2,1-5H3;8H,5-7,11H2,1-4H3;5-8H2,1-4H3;6-7H2,1-5H3;5-7H2,1-4H3;5-6H2,1-4H3;8H,5H2,1-4H3;5H2,1-4H3. The van der Waals surface area contributed by atoms with Crippen LogP contribution in [0, 0.1) is 70.9 Å². The number of carbonyl (C=O) groups excluding carboxylic acids is 10. The van der Waals surface area contributed by atoms with E-state index in [2.05, 4.69) is 231 Å². The molecule has 6 atom stereocenters. The van der Waals surface area contributed by atoms with E-state index in [9.17, 15) is 47.9 Å². The first-order valence-electron chi connectivity index (χ1n) is 54.3. The van der Waals surface area contributed by atoms with Gasteiger partial charge in [0.05, 0.1) is 62.2 Å². The molecule has 0 bridgehead atoms. The monoisotopic (exact) mass is 2040 g/mol. The number of nitrogens with zero attached hydrogens (tertiary/aromatic N) is 6. The van der Waals surface area contributed by atoms with Crippen molar-refractivity contribution in [3.63, 3.8) is 0 Å². The van der Waals surface area contributed by atoms with E-state index >= 15 is 0 Å². The van der Waals surface area contributed by atoms with Gasteiger partial charge in [-0.2, -0.15) is 0 Å².